The fourth-order valence-corrected chi connectivity index (χ4v) is 1.10. The average molecular weight is 241 g/mol. The summed E-state index contributed by atoms with van der Waals surface area (Å²) in [5, 5.41) is 0. The molecule has 0 aliphatic rings. The van der Waals surface area contributed by atoms with Crippen LogP contribution in [0, 0.1) is 0 Å². The molecule has 1 aromatic heterocycles. The number of hydrogen-bond donors (Lipinski definition) is 1. The standard InChI is InChI=1S/C9H11F3N2.ClH/c10-9(11,12)4-1-8(13)7-2-5-14-6-3-7;/h2-3,5-6,8H,1,4,13H2;1H/t8-;/m0./s1. The Balaban J connectivity index is 0.00000196. The highest BCUT2D eigenvalue weighted by Gasteiger charge is 2.27. The van der Waals surface area contributed by atoms with Gasteiger partial charge in [0.1, 0.15) is 0 Å². The Bertz CT molecular complexity index is 276. The lowest BCUT2D eigenvalue weighted by atomic mass is 10.0. The third-order valence-corrected chi connectivity index (χ3v) is 1.87. The van der Waals surface area contributed by atoms with Crippen molar-refractivity contribution in [1.29, 1.82) is 0 Å². The van der Waals surface area contributed by atoms with E-state index in [4.69, 9.17) is 5.73 Å². The highest BCUT2D eigenvalue weighted by molar-refractivity contribution is 5.85. The van der Waals surface area contributed by atoms with Crippen LogP contribution in [0.3, 0.4) is 0 Å². The van der Waals surface area contributed by atoms with Crippen LogP contribution in [0.15, 0.2) is 24.5 Å². The SMILES string of the molecule is Cl.N[C@@H](CCC(F)(F)F)c1ccncc1. The van der Waals surface area contributed by atoms with E-state index >= 15 is 0 Å². The molecule has 0 bridgehead atoms. The molecule has 0 aromatic carbocycles. The van der Waals surface area contributed by atoms with Gasteiger partial charge in [0.25, 0.3) is 0 Å². The molecule has 2 N–H and O–H groups in total. The number of alkyl halides is 3. The molecule has 2 nitrogen and oxygen atoms in total. The van der Waals surface area contributed by atoms with Gasteiger partial charge in [-0.1, -0.05) is 0 Å². The molecule has 1 aromatic rings. The molecule has 0 aliphatic heterocycles. The van der Waals surface area contributed by atoms with Gasteiger partial charge in [0, 0.05) is 24.9 Å². The summed E-state index contributed by atoms with van der Waals surface area (Å²) >= 11 is 0. The van der Waals surface area contributed by atoms with Gasteiger partial charge in [-0.2, -0.15) is 13.2 Å². The van der Waals surface area contributed by atoms with Crippen LogP contribution in [0.2, 0.25) is 0 Å². The number of rotatable bonds is 3. The van der Waals surface area contributed by atoms with Gasteiger partial charge in [-0.3, -0.25) is 4.98 Å². The Morgan fingerprint density at radius 3 is 2.27 bits per heavy atom. The van der Waals surface area contributed by atoms with Gasteiger partial charge in [0.15, 0.2) is 0 Å². The van der Waals surface area contributed by atoms with Gasteiger partial charge in [-0.15, -0.1) is 12.4 Å². The fraction of sp³-hybridized carbons (Fsp3) is 0.444. The van der Waals surface area contributed by atoms with Crippen molar-refractivity contribution in [3.63, 3.8) is 0 Å². The maximum atomic E-state index is 11.9. The summed E-state index contributed by atoms with van der Waals surface area (Å²) in [5.74, 6) is 0. The Morgan fingerprint density at radius 2 is 1.80 bits per heavy atom. The van der Waals surface area contributed by atoms with E-state index < -0.39 is 18.6 Å². The Kier molecular flexibility index (Phi) is 5.60. The minimum Gasteiger partial charge on any atom is -0.324 e. The van der Waals surface area contributed by atoms with Crippen LogP contribution in [0.5, 0.6) is 0 Å². The van der Waals surface area contributed by atoms with E-state index in [9.17, 15) is 13.2 Å². The van der Waals surface area contributed by atoms with Crippen molar-refractivity contribution < 1.29 is 13.2 Å². The quantitative estimate of drug-likeness (QED) is 0.882. The molecule has 0 unspecified atom stereocenters. The smallest absolute Gasteiger partial charge is 0.324 e. The molecule has 1 heterocycles. The lowest BCUT2D eigenvalue weighted by Gasteiger charge is -2.12. The zero-order valence-electron chi connectivity index (χ0n) is 7.87. The minimum absolute atomic E-state index is 0. The second-order valence-corrected chi connectivity index (χ2v) is 3.04. The molecular weight excluding hydrogens is 229 g/mol. The molecule has 0 fully saturated rings. The van der Waals surface area contributed by atoms with Gasteiger partial charge in [0.05, 0.1) is 0 Å². The molecule has 0 amide bonds. The van der Waals surface area contributed by atoms with Gasteiger partial charge in [-0.25, -0.2) is 0 Å². The van der Waals surface area contributed by atoms with Crippen LogP contribution in [-0.2, 0) is 0 Å². The molecule has 0 spiro atoms. The first-order chi connectivity index (χ1) is 6.49. The van der Waals surface area contributed by atoms with E-state index in [2.05, 4.69) is 4.98 Å². The van der Waals surface area contributed by atoms with E-state index in [0.717, 1.165) is 0 Å². The molecule has 15 heavy (non-hydrogen) atoms. The van der Waals surface area contributed by atoms with Crippen LogP contribution >= 0.6 is 12.4 Å². The first-order valence-corrected chi connectivity index (χ1v) is 4.21. The van der Waals surface area contributed by atoms with Crippen molar-refractivity contribution in [3.8, 4) is 0 Å². The zero-order chi connectivity index (χ0) is 10.6. The second-order valence-electron chi connectivity index (χ2n) is 3.04. The van der Waals surface area contributed by atoms with Crippen molar-refractivity contribution in [3.05, 3.63) is 30.1 Å². The van der Waals surface area contributed by atoms with E-state index in [-0.39, 0.29) is 18.8 Å². The number of halogens is 4. The van der Waals surface area contributed by atoms with Crippen molar-refractivity contribution in [2.24, 2.45) is 5.73 Å². The maximum absolute atomic E-state index is 11.9. The molecule has 0 radical (unpaired) electrons. The van der Waals surface area contributed by atoms with Crippen LogP contribution in [0.25, 0.3) is 0 Å². The summed E-state index contributed by atoms with van der Waals surface area (Å²) in [6.45, 7) is 0. The summed E-state index contributed by atoms with van der Waals surface area (Å²) in [4.78, 5) is 3.76. The third kappa shape index (κ3) is 5.59. The molecule has 86 valence electrons. The molecule has 1 atom stereocenters. The second kappa shape index (κ2) is 5.92. The number of pyridine rings is 1. The van der Waals surface area contributed by atoms with Crippen LogP contribution in [0.1, 0.15) is 24.4 Å². The monoisotopic (exact) mass is 240 g/mol. The van der Waals surface area contributed by atoms with Gasteiger partial charge in [-0.05, 0) is 24.1 Å². The Morgan fingerprint density at radius 1 is 1.27 bits per heavy atom. The molecule has 0 saturated heterocycles. The topological polar surface area (TPSA) is 38.9 Å². The van der Waals surface area contributed by atoms with E-state index in [1.165, 1.54) is 12.4 Å². The van der Waals surface area contributed by atoms with Crippen LogP contribution < -0.4 is 5.73 Å². The highest BCUT2D eigenvalue weighted by atomic mass is 35.5. The summed E-state index contributed by atoms with van der Waals surface area (Å²) in [6, 6.07) is 2.68. The highest BCUT2D eigenvalue weighted by Crippen LogP contribution is 2.25. The third-order valence-electron chi connectivity index (χ3n) is 1.87. The van der Waals surface area contributed by atoms with Crippen molar-refractivity contribution >= 4 is 12.4 Å². The fourth-order valence-electron chi connectivity index (χ4n) is 1.10. The number of hydrogen-bond acceptors (Lipinski definition) is 2. The molecule has 1 rings (SSSR count). The van der Waals surface area contributed by atoms with Crippen LogP contribution in [0.4, 0.5) is 13.2 Å². The zero-order valence-corrected chi connectivity index (χ0v) is 8.68. The number of nitrogens with zero attached hydrogens (tertiary/aromatic N) is 1. The Hall–Kier alpha value is -0.810. The molecular formula is C9H12ClF3N2. The van der Waals surface area contributed by atoms with Gasteiger partial charge in [0.2, 0.25) is 0 Å². The van der Waals surface area contributed by atoms with Crippen molar-refractivity contribution in [2.45, 2.75) is 25.1 Å². The van der Waals surface area contributed by atoms with Crippen molar-refractivity contribution in [2.75, 3.05) is 0 Å². The first kappa shape index (κ1) is 14.2. The first-order valence-electron chi connectivity index (χ1n) is 4.21. The van der Waals surface area contributed by atoms with Gasteiger partial charge >= 0.3 is 6.18 Å². The summed E-state index contributed by atoms with van der Waals surface area (Å²) in [7, 11) is 0. The number of nitrogens with two attached hydrogens (primary N) is 1. The van der Waals surface area contributed by atoms with Crippen molar-refractivity contribution in [1.82, 2.24) is 4.98 Å². The maximum Gasteiger partial charge on any atom is 0.389 e. The van der Waals surface area contributed by atoms with Gasteiger partial charge < -0.3 is 5.73 Å². The molecule has 0 aliphatic carbocycles. The van der Waals surface area contributed by atoms with E-state index in [0.29, 0.717) is 5.56 Å². The largest absolute Gasteiger partial charge is 0.389 e. The van der Waals surface area contributed by atoms with E-state index in [1.54, 1.807) is 12.1 Å². The molecule has 0 saturated carbocycles. The van der Waals surface area contributed by atoms with E-state index in [1.807, 2.05) is 0 Å². The lowest BCUT2D eigenvalue weighted by molar-refractivity contribution is -0.136. The summed E-state index contributed by atoms with van der Waals surface area (Å²) < 4.78 is 35.6. The minimum atomic E-state index is -4.13. The normalized spacial score (nSPS) is 13.1. The number of aromatic nitrogens is 1. The lowest BCUT2D eigenvalue weighted by Crippen LogP contribution is -2.15. The summed E-state index contributed by atoms with van der Waals surface area (Å²) in [6.07, 6.45) is -2.04. The predicted molar refractivity (Wildman–Crippen MR) is 53.7 cm³/mol. The predicted octanol–water partition coefficient (Wildman–Crippen LogP) is 2.85. The Labute approximate surface area is 92.1 Å². The van der Waals surface area contributed by atoms with Crippen LogP contribution in [-0.4, -0.2) is 11.2 Å². The average Bonchev–Trinajstić information content (AvgIpc) is 2.14. The summed E-state index contributed by atoms with van der Waals surface area (Å²) in [5.41, 5.74) is 6.26. The molecule has 6 heteroatoms.